The Hall–Kier alpha value is -4.07. The lowest BCUT2D eigenvalue weighted by Crippen LogP contribution is -2.44. The second-order valence-corrected chi connectivity index (χ2v) is 12.0. The van der Waals surface area contributed by atoms with Gasteiger partial charge in [-0.3, -0.25) is 14.4 Å². The number of amides is 2. The number of halogens is 1. The van der Waals surface area contributed by atoms with E-state index < -0.39 is 43.0 Å². The van der Waals surface area contributed by atoms with Crippen molar-refractivity contribution < 1.29 is 33.8 Å². The Morgan fingerprint density at radius 2 is 1.78 bits per heavy atom. The summed E-state index contributed by atoms with van der Waals surface area (Å²) in [6.07, 6.45) is -0.219. The number of primary amides is 1. The molecule has 0 saturated carbocycles. The number of carbonyl (C=O) groups excluding carboxylic acids is 2. The average Bonchev–Trinajstić information content (AvgIpc) is 3.38. The van der Waals surface area contributed by atoms with Crippen LogP contribution in [0.4, 0.5) is 10.1 Å². The second kappa shape index (κ2) is 15.5. The highest BCUT2D eigenvalue weighted by molar-refractivity contribution is 5.97. The SMILES string of the molecule is COc1c(CN2OC(CO)C(CO)C2C(N)=O)cc(F)cc1-c1cc(C(=O)NC(Cc2ccccc2)CN(C)C)cc(N(C)C)c1. The molecular formula is C34H44FN5O6. The molecule has 1 aliphatic rings. The molecule has 4 atom stereocenters. The van der Waals surface area contributed by atoms with Gasteiger partial charge in [0, 0.05) is 55.0 Å². The lowest BCUT2D eigenvalue weighted by molar-refractivity contribution is -0.180. The molecule has 4 rings (SSSR count). The fourth-order valence-corrected chi connectivity index (χ4v) is 5.93. The third-order valence-electron chi connectivity index (χ3n) is 8.06. The van der Waals surface area contributed by atoms with Crippen molar-refractivity contribution in [2.24, 2.45) is 11.7 Å². The third kappa shape index (κ3) is 8.20. The predicted molar refractivity (Wildman–Crippen MR) is 174 cm³/mol. The number of nitrogens with zero attached hydrogens (tertiary/aromatic N) is 3. The largest absolute Gasteiger partial charge is 0.496 e. The molecule has 3 aromatic rings. The molecule has 3 aromatic carbocycles. The van der Waals surface area contributed by atoms with Gasteiger partial charge in [0.05, 0.1) is 26.9 Å². The minimum Gasteiger partial charge on any atom is -0.496 e. The van der Waals surface area contributed by atoms with Crippen molar-refractivity contribution in [3.63, 3.8) is 0 Å². The van der Waals surface area contributed by atoms with Crippen LogP contribution in [0.3, 0.4) is 0 Å². The number of aliphatic hydroxyl groups is 2. The zero-order valence-electron chi connectivity index (χ0n) is 26.9. The van der Waals surface area contributed by atoms with Crippen LogP contribution in [0.15, 0.2) is 60.7 Å². The monoisotopic (exact) mass is 637 g/mol. The molecule has 11 nitrogen and oxygen atoms in total. The van der Waals surface area contributed by atoms with Crippen molar-refractivity contribution >= 4 is 17.5 Å². The zero-order valence-corrected chi connectivity index (χ0v) is 26.9. The maximum atomic E-state index is 15.3. The van der Waals surface area contributed by atoms with Crippen molar-refractivity contribution in [2.45, 2.75) is 31.2 Å². The molecule has 0 radical (unpaired) electrons. The quantitative estimate of drug-likeness (QED) is 0.209. The van der Waals surface area contributed by atoms with Gasteiger partial charge in [-0.2, -0.15) is 5.06 Å². The Morgan fingerprint density at radius 1 is 1.07 bits per heavy atom. The van der Waals surface area contributed by atoms with Crippen LogP contribution in [0.1, 0.15) is 21.5 Å². The molecule has 0 bridgehead atoms. The molecule has 0 aliphatic carbocycles. The van der Waals surface area contributed by atoms with E-state index in [1.807, 2.05) is 74.4 Å². The van der Waals surface area contributed by atoms with Gasteiger partial charge in [-0.15, -0.1) is 0 Å². The standard InChI is InChI=1S/C34H44FN5O6/c1-38(2)18-26(11-21-9-7-6-8-10-21)37-34(44)23-12-22(14-27(15-23)39(3)4)28-16-25(35)13-24(32(28)45-5)17-40-31(33(36)43)29(19-41)30(20-42)46-40/h6-10,12-16,26,29-31,41-42H,11,17-20H2,1-5H3,(H2,36,43)(H,37,44). The fraction of sp³-hybridized carbons (Fsp3) is 0.412. The molecule has 46 heavy (non-hydrogen) atoms. The Balaban J connectivity index is 1.71. The topological polar surface area (TPSA) is 141 Å². The minimum atomic E-state index is -1.06. The van der Waals surface area contributed by atoms with Gasteiger partial charge in [-0.1, -0.05) is 30.3 Å². The molecular weight excluding hydrogens is 593 g/mol. The maximum absolute atomic E-state index is 15.3. The van der Waals surface area contributed by atoms with Gasteiger partial charge < -0.3 is 35.8 Å². The van der Waals surface area contributed by atoms with Gasteiger partial charge in [-0.05, 0) is 62.0 Å². The van der Waals surface area contributed by atoms with Crippen molar-refractivity contribution in [3.05, 3.63) is 83.2 Å². The number of nitrogens with two attached hydrogens (primary N) is 1. The molecule has 12 heteroatoms. The first-order chi connectivity index (χ1) is 21.9. The highest BCUT2D eigenvalue weighted by Gasteiger charge is 2.46. The van der Waals surface area contributed by atoms with E-state index in [0.717, 1.165) is 11.3 Å². The van der Waals surface area contributed by atoms with Crippen molar-refractivity contribution in [1.82, 2.24) is 15.3 Å². The Morgan fingerprint density at radius 3 is 2.37 bits per heavy atom. The number of likely N-dealkylation sites (N-methyl/N-ethyl adjacent to an activating group) is 1. The molecule has 0 aromatic heterocycles. The summed E-state index contributed by atoms with van der Waals surface area (Å²) in [5.41, 5.74) is 9.11. The second-order valence-electron chi connectivity index (χ2n) is 12.0. The van der Waals surface area contributed by atoms with E-state index in [9.17, 15) is 19.8 Å². The average molecular weight is 638 g/mol. The summed E-state index contributed by atoms with van der Waals surface area (Å²) in [6, 6.07) is 16.6. The van der Waals surface area contributed by atoms with E-state index in [1.54, 1.807) is 12.1 Å². The van der Waals surface area contributed by atoms with E-state index in [2.05, 4.69) is 5.32 Å². The normalized spacial score (nSPS) is 18.8. The minimum absolute atomic E-state index is 0.124. The van der Waals surface area contributed by atoms with Crippen molar-refractivity contribution in [2.75, 3.05) is 60.0 Å². The summed E-state index contributed by atoms with van der Waals surface area (Å²) >= 11 is 0. The molecule has 5 N–H and O–H groups in total. The number of hydroxylamine groups is 2. The lowest BCUT2D eigenvalue weighted by atomic mass is 9.94. The molecule has 1 aliphatic heterocycles. The summed E-state index contributed by atoms with van der Waals surface area (Å²) in [7, 11) is 9.06. The highest BCUT2D eigenvalue weighted by atomic mass is 19.1. The number of aliphatic hydroxyl groups excluding tert-OH is 2. The number of ether oxygens (including phenoxy) is 1. The molecule has 0 spiro atoms. The molecule has 1 saturated heterocycles. The Kier molecular flexibility index (Phi) is 11.7. The Bertz CT molecular complexity index is 1500. The molecule has 1 heterocycles. The zero-order chi connectivity index (χ0) is 33.5. The number of hydrogen-bond donors (Lipinski definition) is 4. The van der Waals surface area contributed by atoms with Crippen LogP contribution in [-0.4, -0.2) is 105 Å². The first-order valence-corrected chi connectivity index (χ1v) is 15.1. The van der Waals surface area contributed by atoms with E-state index in [4.69, 9.17) is 15.3 Å². The van der Waals surface area contributed by atoms with Crippen molar-refractivity contribution in [1.29, 1.82) is 0 Å². The van der Waals surface area contributed by atoms with Crippen LogP contribution >= 0.6 is 0 Å². The van der Waals surface area contributed by atoms with E-state index in [1.165, 1.54) is 24.3 Å². The van der Waals surface area contributed by atoms with E-state index >= 15 is 4.39 Å². The number of methoxy groups -OCH3 is 1. The predicted octanol–water partition coefficient (Wildman–Crippen LogP) is 2.04. The molecule has 2 amide bonds. The lowest BCUT2D eigenvalue weighted by Gasteiger charge is -2.25. The van der Waals surface area contributed by atoms with Gasteiger partial charge >= 0.3 is 0 Å². The highest BCUT2D eigenvalue weighted by Crippen LogP contribution is 2.39. The molecule has 1 fully saturated rings. The van der Waals surface area contributed by atoms with Gasteiger partial charge in [0.15, 0.2) is 0 Å². The molecule has 248 valence electrons. The maximum Gasteiger partial charge on any atom is 0.251 e. The van der Waals surface area contributed by atoms with Crippen LogP contribution in [0.2, 0.25) is 0 Å². The third-order valence-corrected chi connectivity index (χ3v) is 8.06. The number of nitrogens with one attached hydrogen (secondary N) is 1. The number of anilines is 1. The van der Waals surface area contributed by atoms with Crippen LogP contribution < -0.4 is 20.7 Å². The van der Waals surface area contributed by atoms with Gasteiger partial charge in [-0.25, -0.2) is 4.39 Å². The van der Waals surface area contributed by atoms with Crippen LogP contribution in [-0.2, 0) is 22.6 Å². The number of benzene rings is 3. The summed E-state index contributed by atoms with van der Waals surface area (Å²) < 4.78 is 21.1. The number of hydrogen-bond acceptors (Lipinski definition) is 9. The summed E-state index contributed by atoms with van der Waals surface area (Å²) in [4.78, 5) is 35.7. The van der Waals surface area contributed by atoms with E-state index in [-0.39, 0.29) is 18.5 Å². The first kappa shape index (κ1) is 34.8. The summed E-state index contributed by atoms with van der Waals surface area (Å²) in [6.45, 7) is -0.383. The van der Waals surface area contributed by atoms with E-state index in [0.29, 0.717) is 41.0 Å². The summed E-state index contributed by atoms with van der Waals surface area (Å²) in [5, 5.41) is 24.1. The Labute approximate surface area is 269 Å². The van der Waals surface area contributed by atoms with Crippen LogP contribution in [0.5, 0.6) is 5.75 Å². The smallest absolute Gasteiger partial charge is 0.251 e. The number of carbonyl (C=O) groups is 2. The number of rotatable bonds is 14. The summed E-state index contributed by atoms with van der Waals surface area (Å²) in [5.74, 6) is -2.06. The van der Waals surface area contributed by atoms with Gasteiger partial charge in [0.2, 0.25) is 5.91 Å². The first-order valence-electron chi connectivity index (χ1n) is 15.1. The van der Waals surface area contributed by atoms with Gasteiger partial charge in [0.1, 0.15) is 23.7 Å². The van der Waals surface area contributed by atoms with Gasteiger partial charge in [0.25, 0.3) is 5.91 Å². The molecule has 4 unspecified atom stereocenters. The van der Waals surface area contributed by atoms with Crippen molar-refractivity contribution in [3.8, 4) is 16.9 Å². The van der Waals surface area contributed by atoms with Crippen LogP contribution in [0, 0.1) is 11.7 Å². The fourth-order valence-electron chi connectivity index (χ4n) is 5.93. The van der Waals surface area contributed by atoms with Crippen LogP contribution in [0.25, 0.3) is 11.1 Å².